The molecule has 0 spiro atoms. The first kappa shape index (κ1) is 23.1. The molecule has 2 unspecified atom stereocenters. The first-order valence-corrected chi connectivity index (χ1v) is 10.3. The lowest BCUT2D eigenvalue weighted by atomic mass is 10.1. The second kappa shape index (κ2) is 12.4. The molecule has 0 aliphatic rings. The maximum Gasteiger partial charge on any atom is 0.329 e. The van der Waals surface area contributed by atoms with Crippen molar-refractivity contribution < 1.29 is 14.3 Å². The number of hydrogen-bond acceptors (Lipinski definition) is 4. The van der Waals surface area contributed by atoms with Crippen LogP contribution in [-0.4, -0.2) is 22.5 Å². The Kier molecular flexibility index (Phi) is 10.6. The zero-order valence-corrected chi connectivity index (χ0v) is 17.4. The van der Waals surface area contributed by atoms with Crippen molar-refractivity contribution in [1.82, 2.24) is 9.88 Å². The number of unbranched alkanes of at least 4 members (excludes halogenated alkanes) is 4. The van der Waals surface area contributed by atoms with Gasteiger partial charge < -0.3 is 20.4 Å². The summed E-state index contributed by atoms with van der Waals surface area (Å²) < 4.78 is 7.73. The lowest BCUT2D eigenvalue weighted by Gasteiger charge is -2.22. The molecule has 6 heteroatoms. The van der Waals surface area contributed by atoms with Gasteiger partial charge in [0, 0.05) is 25.4 Å². The van der Waals surface area contributed by atoms with Gasteiger partial charge in [0.15, 0.2) is 0 Å². The molecule has 154 valence electrons. The maximum absolute atomic E-state index is 12.7. The summed E-state index contributed by atoms with van der Waals surface area (Å²) in [6.07, 6.45) is 9.25. The van der Waals surface area contributed by atoms with Crippen LogP contribution in [0.2, 0.25) is 0 Å². The molecule has 0 bridgehead atoms. The highest BCUT2D eigenvalue weighted by Crippen LogP contribution is 2.27. The van der Waals surface area contributed by atoms with Crippen LogP contribution in [0, 0.1) is 0 Å². The van der Waals surface area contributed by atoms with Crippen molar-refractivity contribution in [1.29, 1.82) is 0 Å². The number of ether oxygens (including phenoxy) is 1. The van der Waals surface area contributed by atoms with Gasteiger partial charge in [-0.25, -0.2) is 4.79 Å². The number of nitrogens with zero attached hydrogens (tertiary/aromatic N) is 1. The van der Waals surface area contributed by atoms with Gasteiger partial charge in [0.1, 0.15) is 12.1 Å². The fourth-order valence-electron chi connectivity index (χ4n) is 3.13. The van der Waals surface area contributed by atoms with E-state index in [4.69, 9.17) is 10.5 Å². The van der Waals surface area contributed by atoms with Gasteiger partial charge >= 0.3 is 5.97 Å². The predicted octanol–water partition coefficient (Wildman–Crippen LogP) is 4.25. The molecule has 0 aromatic carbocycles. The molecule has 0 saturated carbocycles. The van der Waals surface area contributed by atoms with Gasteiger partial charge in [-0.05, 0) is 31.7 Å². The van der Waals surface area contributed by atoms with Gasteiger partial charge in [-0.3, -0.25) is 4.79 Å². The highest BCUT2D eigenvalue weighted by molar-refractivity contribution is 5.84. The number of amides is 1. The molecular weight excluding hydrogens is 342 g/mol. The van der Waals surface area contributed by atoms with Crippen LogP contribution in [0.15, 0.2) is 12.3 Å². The summed E-state index contributed by atoms with van der Waals surface area (Å²) >= 11 is 0. The van der Waals surface area contributed by atoms with Crippen molar-refractivity contribution in [3.05, 3.63) is 18.0 Å². The Balaban J connectivity index is 2.74. The minimum absolute atomic E-state index is 0.0853. The normalized spacial score (nSPS) is 13.2. The number of nitrogens with one attached hydrogen (secondary N) is 1. The maximum atomic E-state index is 12.7. The summed E-state index contributed by atoms with van der Waals surface area (Å²) in [6, 6.07) is 1.25. The molecule has 0 radical (unpaired) electrons. The molecule has 1 aromatic heterocycles. The van der Waals surface area contributed by atoms with Crippen LogP contribution in [0.5, 0.6) is 0 Å². The summed E-state index contributed by atoms with van der Waals surface area (Å²) in [5.41, 5.74) is 7.44. The van der Waals surface area contributed by atoms with E-state index in [1.807, 2.05) is 30.8 Å². The summed E-state index contributed by atoms with van der Waals surface area (Å²) in [6.45, 7) is 6.12. The Bertz CT molecular complexity index is 583. The average molecular weight is 380 g/mol. The lowest BCUT2D eigenvalue weighted by Crippen LogP contribution is -2.41. The molecule has 1 rings (SSSR count). The lowest BCUT2D eigenvalue weighted by molar-refractivity contribution is -0.154. The third kappa shape index (κ3) is 8.06. The molecule has 1 heterocycles. The zero-order chi connectivity index (χ0) is 20.2. The first-order valence-electron chi connectivity index (χ1n) is 10.3. The number of nitrogen functional groups attached to an aromatic ring is 1. The molecule has 0 fully saturated rings. The van der Waals surface area contributed by atoms with Gasteiger partial charge in [0.25, 0.3) is 0 Å². The molecule has 3 N–H and O–H groups in total. The number of carbonyl (C=O) groups excluding carboxylic acids is 2. The van der Waals surface area contributed by atoms with E-state index in [0.717, 1.165) is 50.6 Å². The number of rotatable bonds is 13. The fourth-order valence-corrected chi connectivity index (χ4v) is 3.13. The fraction of sp³-hybridized carbons (Fsp3) is 0.714. The number of hydrogen-bond donors (Lipinski definition) is 2. The number of aromatic nitrogens is 1. The molecule has 6 nitrogen and oxygen atoms in total. The number of carbonyl (C=O) groups is 2. The Morgan fingerprint density at radius 1 is 1.15 bits per heavy atom. The smallest absolute Gasteiger partial charge is 0.329 e. The minimum atomic E-state index is -0.606. The van der Waals surface area contributed by atoms with Crippen LogP contribution >= 0.6 is 0 Å². The van der Waals surface area contributed by atoms with Gasteiger partial charge in [-0.1, -0.05) is 46.5 Å². The van der Waals surface area contributed by atoms with Crippen LogP contribution in [0.25, 0.3) is 0 Å². The number of esters is 1. The zero-order valence-electron chi connectivity index (χ0n) is 17.4. The van der Waals surface area contributed by atoms with Gasteiger partial charge in [-0.15, -0.1) is 0 Å². The van der Waals surface area contributed by atoms with Crippen molar-refractivity contribution in [2.75, 3.05) is 5.73 Å². The van der Waals surface area contributed by atoms with Gasteiger partial charge in [0.05, 0.1) is 5.69 Å². The first-order chi connectivity index (χ1) is 12.9. The number of nitrogens with two attached hydrogens (primary N) is 1. The molecule has 0 saturated heterocycles. The van der Waals surface area contributed by atoms with Crippen molar-refractivity contribution in [2.24, 2.45) is 7.05 Å². The van der Waals surface area contributed by atoms with Crippen molar-refractivity contribution in [3.8, 4) is 0 Å². The van der Waals surface area contributed by atoms with E-state index in [9.17, 15) is 9.59 Å². The quantitative estimate of drug-likeness (QED) is 0.396. The monoisotopic (exact) mass is 379 g/mol. The number of anilines is 1. The molecule has 0 aliphatic carbocycles. The minimum Gasteiger partial charge on any atom is -0.454 e. The average Bonchev–Trinajstić information content (AvgIpc) is 2.97. The van der Waals surface area contributed by atoms with Crippen LogP contribution in [-0.2, 0) is 21.4 Å². The molecular formula is C21H37N3O3. The molecule has 0 aliphatic heterocycles. The summed E-state index contributed by atoms with van der Waals surface area (Å²) in [5.74, 6) is -0.458. The molecule has 1 aromatic rings. The molecule has 1 amide bonds. The standard InChI is InChI=1S/C21H37N3O3/c1-5-8-10-12-19(18-14-16(22)15-24(18)4)27-21(26)17(7-3)23-20(25)13-11-9-6-2/h14-15,17,19H,5-13,22H2,1-4H3,(H,23,25). The Morgan fingerprint density at radius 2 is 1.81 bits per heavy atom. The van der Waals surface area contributed by atoms with E-state index in [2.05, 4.69) is 19.2 Å². The van der Waals surface area contributed by atoms with E-state index in [1.165, 1.54) is 0 Å². The van der Waals surface area contributed by atoms with Crippen LogP contribution in [0.3, 0.4) is 0 Å². The molecule has 27 heavy (non-hydrogen) atoms. The Morgan fingerprint density at radius 3 is 2.37 bits per heavy atom. The molecule has 2 atom stereocenters. The second-order valence-electron chi connectivity index (χ2n) is 7.22. The van der Waals surface area contributed by atoms with Crippen molar-refractivity contribution in [2.45, 2.75) is 90.7 Å². The third-order valence-electron chi connectivity index (χ3n) is 4.76. The SMILES string of the molecule is CCCCCC(=O)NC(CC)C(=O)OC(CCCCC)c1cc(N)cn1C. The highest BCUT2D eigenvalue weighted by atomic mass is 16.5. The van der Waals surface area contributed by atoms with Gasteiger partial charge in [-0.2, -0.15) is 0 Å². The summed E-state index contributed by atoms with van der Waals surface area (Å²) in [7, 11) is 1.90. The van der Waals surface area contributed by atoms with Crippen LogP contribution in [0.1, 0.15) is 90.4 Å². The van der Waals surface area contributed by atoms with E-state index in [1.54, 1.807) is 0 Å². The highest BCUT2D eigenvalue weighted by Gasteiger charge is 2.26. The predicted molar refractivity (Wildman–Crippen MR) is 109 cm³/mol. The van der Waals surface area contributed by atoms with Crippen LogP contribution < -0.4 is 11.1 Å². The largest absolute Gasteiger partial charge is 0.454 e. The van der Waals surface area contributed by atoms with Crippen molar-refractivity contribution in [3.63, 3.8) is 0 Å². The van der Waals surface area contributed by atoms with E-state index >= 15 is 0 Å². The van der Waals surface area contributed by atoms with Crippen LogP contribution in [0.4, 0.5) is 5.69 Å². The Hall–Kier alpha value is -1.98. The van der Waals surface area contributed by atoms with E-state index in [-0.39, 0.29) is 18.0 Å². The topological polar surface area (TPSA) is 86.3 Å². The van der Waals surface area contributed by atoms with Crippen molar-refractivity contribution >= 4 is 17.6 Å². The van der Waals surface area contributed by atoms with Gasteiger partial charge in [0.2, 0.25) is 5.91 Å². The third-order valence-corrected chi connectivity index (χ3v) is 4.76. The summed E-state index contributed by atoms with van der Waals surface area (Å²) in [4.78, 5) is 24.8. The second-order valence-corrected chi connectivity index (χ2v) is 7.22. The summed E-state index contributed by atoms with van der Waals surface area (Å²) in [5, 5.41) is 2.82. The van der Waals surface area contributed by atoms with E-state index < -0.39 is 6.04 Å². The Labute approximate surface area is 163 Å². The van der Waals surface area contributed by atoms with E-state index in [0.29, 0.717) is 18.5 Å². The number of aryl methyl sites for hydroxylation is 1.